The highest BCUT2D eigenvalue weighted by molar-refractivity contribution is 5.77. The molecule has 0 radical (unpaired) electrons. The zero-order chi connectivity index (χ0) is 13.0. The van der Waals surface area contributed by atoms with Crippen molar-refractivity contribution in [1.29, 1.82) is 0 Å². The van der Waals surface area contributed by atoms with Crippen LogP contribution in [-0.2, 0) is 13.0 Å². The molecule has 0 aliphatic carbocycles. The minimum atomic E-state index is 0.627. The molecule has 0 aliphatic rings. The molecule has 2 aromatic rings. The van der Waals surface area contributed by atoms with Gasteiger partial charge < -0.3 is 15.0 Å². The first kappa shape index (κ1) is 12.9. The summed E-state index contributed by atoms with van der Waals surface area (Å²) in [6.45, 7) is 6.52. The largest absolute Gasteiger partial charge is 0.494 e. The lowest BCUT2D eigenvalue weighted by atomic mass is 10.3. The van der Waals surface area contributed by atoms with E-state index in [-0.39, 0.29) is 0 Å². The number of nitrogens with zero attached hydrogens (tertiary/aromatic N) is 2. The summed E-state index contributed by atoms with van der Waals surface area (Å²) in [7, 11) is 0. The Labute approximate surface area is 108 Å². The van der Waals surface area contributed by atoms with E-state index in [0.717, 1.165) is 48.6 Å². The lowest BCUT2D eigenvalue weighted by Gasteiger charge is -2.06. The number of hydrogen-bond donors (Lipinski definition) is 1. The highest BCUT2D eigenvalue weighted by Gasteiger charge is 2.09. The van der Waals surface area contributed by atoms with Gasteiger partial charge in [-0.15, -0.1) is 0 Å². The minimum absolute atomic E-state index is 0.627. The van der Waals surface area contributed by atoms with E-state index in [2.05, 4.69) is 29.5 Å². The Kier molecular flexibility index (Phi) is 4.20. The van der Waals surface area contributed by atoms with Crippen LogP contribution in [0.4, 0.5) is 0 Å². The molecule has 4 nitrogen and oxygen atoms in total. The average molecular weight is 247 g/mol. The third-order valence-corrected chi connectivity index (χ3v) is 2.96. The first-order valence-corrected chi connectivity index (χ1v) is 6.62. The molecule has 0 amide bonds. The predicted molar refractivity (Wildman–Crippen MR) is 74.0 cm³/mol. The second-order valence-corrected chi connectivity index (χ2v) is 4.31. The molecule has 0 spiro atoms. The van der Waals surface area contributed by atoms with E-state index >= 15 is 0 Å². The van der Waals surface area contributed by atoms with Crippen molar-refractivity contribution in [2.45, 2.75) is 33.2 Å². The third-order valence-electron chi connectivity index (χ3n) is 2.96. The standard InChI is InChI=1S/C14H21N3O/c1-3-9-18-11-5-6-13-12(10-11)16-14(7-8-15)17(13)4-2/h5-6,10H,3-4,7-9,15H2,1-2H3. The Morgan fingerprint density at radius 3 is 2.83 bits per heavy atom. The molecule has 0 saturated carbocycles. The first-order valence-electron chi connectivity index (χ1n) is 6.62. The number of rotatable bonds is 6. The van der Waals surface area contributed by atoms with Crippen LogP contribution in [0.1, 0.15) is 26.1 Å². The molecule has 2 N–H and O–H groups in total. The molecule has 2 rings (SSSR count). The quantitative estimate of drug-likeness (QED) is 0.852. The van der Waals surface area contributed by atoms with E-state index in [4.69, 9.17) is 10.5 Å². The SMILES string of the molecule is CCCOc1ccc2c(c1)nc(CCN)n2CC. The number of imidazole rings is 1. The van der Waals surface area contributed by atoms with Gasteiger partial charge in [-0.25, -0.2) is 4.98 Å². The van der Waals surface area contributed by atoms with Gasteiger partial charge in [0.1, 0.15) is 11.6 Å². The number of fused-ring (bicyclic) bond motifs is 1. The molecule has 0 aliphatic heterocycles. The van der Waals surface area contributed by atoms with Crippen LogP contribution in [0.2, 0.25) is 0 Å². The Morgan fingerprint density at radius 2 is 2.17 bits per heavy atom. The van der Waals surface area contributed by atoms with Crippen LogP contribution in [0.25, 0.3) is 11.0 Å². The van der Waals surface area contributed by atoms with Crippen LogP contribution in [0, 0.1) is 0 Å². The van der Waals surface area contributed by atoms with Crippen molar-refractivity contribution in [1.82, 2.24) is 9.55 Å². The molecule has 1 aromatic heterocycles. The predicted octanol–water partition coefficient (Wildman–Crippen LogP) is 2.35. The van der Waals surface area contributed by atoms with Crippen molar-refractivity contribution in [3.05, 3.63) is 24.0 Å². The van der Waals surface area contributed by atoms with Gasteiger partial charge in [0.2, 0.25) is 0 Å². The van der Waals surface area contributed by atoms with Crippen LogP contribution >= 0.6 is 0 Å². The molecule has 98 valence electrons. The fourth-order valence-electron chi connectivity index (χ4n) is 2.14. The molecule has 18 heavy (non-hydrogen) atoms. The van der Waals surface area contributed by atoms with E-state index in [1.165, 1.54) is 0 Å². The van der Waals surface area contributed by atoms with Gasteiger partial charge in [0, 0.05) is 19.0 Å². The van der Waals surface area contributed by atoms with E-state index in [9.17, 15) is 0 Å². The zero-order valence-corrected chi connectivity index (χ0v) is 11.1. The number of aryl methyl sites for hydroxylation is 1. The molecular formula is C14H21N3O. The number of nitrogens with two attached hydrogens (primary N) is 1. The maximum absolute atomic E-state index is 5.63. The second-order valence-electron chi connectivity index (χ2n) is 4.31. The highest BCUT2D eigenvalue weighted by atomic mass is 16.5. The molecule has 1 heterocycles. The van der Waals surface area contributed by atoms with Crippen molar-refractivity contribution >= 4 is 11.0 Å². The number of ether oxygens (including phenoxy) is 1. The van der Waals surface area contributed by atoms with Crippen LogP contribution in [0.5, 0.6) is 5.75 Å². The Morgan fingerprint density at radius 1 is 1.33 bits per heavy atom. The molecule has 1 aromatic carbocycles. The molecule has 0 bridgehead atoms. The monoisotopic (exact) mass is 247 g/mol. The summed E-state index contributed by atoms with van der Waals surface area (Å²) in [5, 5.41) is 0. The maximum atomic E-state index is 5.63. The van der Waals surface area contributed by atoms with Gasteiger partial charge in [-0.2, -0.15) is 0 Å². The smallest absolute Gasteiger partial charge is 0.121 e. The van der Waals surface area contributed by atoms with E-state index in [1.54, 1.807) is 0 Å². The van der Waals surface area contributed by atoms with Crippen molar-refractivity contribution in [3.63, 3.8) is 0 Å². The summed E-state index contributed by atoms with van der Waals surface area (Å²) < 4.78 is 7.85. The van der Waals surface area contributed by atoms with Crippen LogP contribution in [0.3, 0.4) is 0 Å². The lowest BCUT2D eigenvalue weighted by Crippen LogP contribution is -2.09. The fraction of sp³-hybridized carbons (Fsp3) is 0.500. The fourth-order valence-corrected chi connectivity index (χ4v) is 2.14. The molecule has 0 saturated heterocycles. The van der Waals surface area contributed by atoms with Gasteiger partial charge in [-0.1, -0.05) is 6.92 Å². The van der Waals surface area contributed by atoms with Crippen LogP contribution in [0.15, 0.2) is 18.2 Å². The molecule has 0 atom stereocenters. The molecule has 0 fully saturated rings. The molecular weight excluding hydrogens is 226 g/mol. The summed E-state index contributed by atoms with van der Waals surface area (Å²) in [6.07, 6.45) is 1.83. The molecule has 0 unspecified atom stereocenters. The Bertz CT molecular complexity index is 519. The summed E-state index contributed by atoms with van der Waals surface area (Å²) >= 11 is 0. The minimum Gasteiger partial charge on any atom is -0.494 e. The van der Waals surface area contributed by atoms with Crippen molar-refractivity contribution in [3.8, 4) is 5.75 Å². The van der Waals surface area contributed by atoms with Crippen LogP contribution < -0.4 is 10.5 Å². The summed E-state index contributed by atoms with van der Waals surface area (Å²) in [6, 6.07) is 6.10. The summed E-state index contributed by atoms with van der Waals surface area (Å²) in [4.78, 5) is 4.64. The Balaban J connectivity index is 2.38. The highest BCUT2D eigenvalue weighted by Crippen LogP contribution is 2.22. The second kappa shape index (κ2) is 5.87. The average Bonchev–Trinajstić information content (AvgIpc) is 2.73. The van der Waals surface area contributed by atoms with Gasteiger partial charge in [-0.3, -0.25) is 0 Å². The van der Waals surface area contributed by atoms with Crippen LogP contribution in [-0.4, -0.2) is 22.7 Å². The number of benzene rings is 1. The third kappa shape index (κ3) is 2.48. The van der Waals surface area contributed by atoms with Crippen molar-refractivity contribution in [2.24, 2.45) is 5.73 Å². The van der Waals surface area contributed by atoms with Crippen molar-refractivity contribution < 1.29 is 4.74 Å². The maximum Gasteiger partial charge on any atom is 0.121 e. The topological polar surface area (TPSA) is 53.1 Å². The number of hydrogen-bond acceptors (Lipinski definition) is 3. The zero-order valence-electron chi connectivity index (χ0n) is 11.1. The van der Waals surface area contributed by atoms with Gasteiger partial charge >= 0.3 is 0 Å². The van der Waals surface area contributed by atoms with Gasteiger partial charge in [0.15, 0.2) is 0 Å². The van der Waals surface area contributed by atoms with E-state index in [1.807, 2.05) is 12.1 Å². The van der Waals surface area contributed by atoms with Gasteiger partial charge in [-0.05, 0) is 32.0 Å². The van der Waals surface area contributed by atoms with Gasteiger partial charge in [0.05, 0.1) is 17.6 Å². The van der Waals surface area contributed by atoms with E-state index in [0.29, 0.717) is 6.54 Å². The first-order chi connectivity index (χ1) is 8.80. The summed E-state index contributed by atoms with van der Waals surface area (Å²) in [5.41, 5.74) is 7.78. The Hall–Kier alpha value is -1.55. The van der Waals surface area contributed by atoms with Crippen molar-refractivity contribution in [2.75, 3.05) is 13.2 Å². The lowest BCUT2D eigenvalue weighted by molar-refractivity contribution is 0.318. The number of aromatic nitrogens is 2. The molecule has 4 heteroatoms. The van der Waals surface area contributed by atoms with Gasteiger partial charge in [0.25, 0.3) is 0 Å². The van der Waals surface area contributed by atoms with E-state index < -0.39 is 0 Å². The normalized spacial score (nSPS) is 11.1. The summed E-state index contributed by atoms with van der Waals surface area (Å²) in [5.74, 6) is 1.95.